The number of aromatic nitrogens is 4. The highest BCUT2D eigenvalue weighted by Crippen LogP contribution is 2.31. The quantitative estimate of drug-likeness (QED) is 0.415. The molecule has 0 saturated carbocycles. The molecule has 0 atom stereocenters. The molecule has 0 unspecified atom stereocenters. The van der Waals surface area contributed by atoms with E-state index in [-0.39, 0.29) is 0 Å². The fourth-order valence-corrected chi connectivity index (χ4v) is 4.10. The maximum Gasteiger partial charge on any atom is 0.237 e. The van der Waals surface area contributed by atoms with Crippen LogP contribution in [0.25, 0.3) is 0 Å². The molecular formula is C18H14ClN5OS2. The summed E-state index contributed by atoms with van der Waals surface area (Å²) in [5, 5.41) is 16.8. The van der Waals surface area contributed by atoms with Gasteiger partial charge in [-0.25, -0.2) is 0 Å². The van der Waals surface area contributed by atoms with Gasteiger partial charge >= 0.3 is 0 Å². The predicted octanol–water partition coefficient (Wildman–Crippen LogP) is 5.20. The molecule has 6 nitrogen and oxygen atoms in total. The molecule has 0 radical (unpaired) electrons. The van der Waals surface area contributed by atoms with Crippen molar-refractivity contribution in [3.63, 3.8) is 0 Å². The fraction of sp³-hybridized carbons (Fsp3) is 0.111. The van der Waals surface area contributed by atoms with Gasteiger partial charge in [0.1, 0.15) is 0 Å². The third-order valence-corrected chi connectivity index (χ3v) is 5.84. The molecule has 0 bridgehead atoms. The van der Waals surface area contributed by atoms with Crippen molar-refractivity contribution in [2.75, 3.05) is 5.32 Å². The molecule has 0 saturated heterocycles. The van der Waals surface area contributed by atoms with Gasteiger partial charge < -0.3 is 9.84 Å². The van der Waals surface area contributed by atoms with Crippen LogP contribution in [-0.4, -0.2) is 20.3 Å². The largest absolute Gasteiger partial charge is 0.338 e. The minimum absolute atomic E-state index is 0.544. The summed E-state index contributed by atoms with van der Waals surface area (Å²) in [6.45, 7) is 0. The molecule has 0 aliphatic heterocycles. The van der Waals surface area contributed by atoms with Crippen molar-refractivity contribution in [2.24, 2.45) is 0 Å². The lowest BCUT2D eigenvalue weighted by atomic mass is 10.1. The third kappa shape index (κ3) is 4.85. The Labute approximate surface area is 169 Å². The molecular weight excluding hydrogens is 402 g/mol. The van der Waals surface area contributed by atoms with Crippen LogP contribution >= 0.6 is 34.7 Å². The number of para-hydroxylation sites is 1. The summed E-state index contributed by atoms with van der Waals surface area (Å²) in [7, 11) is 0. The Bertz CT molecular complexity index is 1020. The number of nitrogens with one attached hydrogen (secondary N) is 1. The van der Waals surface area contributed by atoms with Gasteiger partial charge in [0.25, 0.3) is 0 Å². The second kappa shape index (κ2) is 8.51. The number of rotatable bonds is 7. The van der Waals surface area contributed by atoms with E-state index >= 15 is 0 Å². The first-order chi connectivity index (χ1) is 13.3. The first kappa shape index (κ1) is 18.0. The van der Waals surface area contributed by atoms with Crippen LogP contribution < -0.4 is 5.32 Å². The fourth-order valence-electron chi connectivity index (χ4n) is 2.32. The summed E-state index contributed by atoms with van der Waals surface area (Å²) in [6.07, 6.45) is 0.652. The van der Waals surface area contributed by atoms with Crippen molar-refractivity contribution in [1.82, 2.24) is 20.3 Å². The van der Waals surface area contributed by atoms with Crippen molar-refractivity contribution in [3.8, 4) is 0 Å². The van der Waals surface area contributed by atoms with Gasteiger partial charge in [-0.1, -0.05) is 82.3 Å². The summed E-state index contributed by atoms with van der Waals surface area (Å²) in [5.74, 6) is 1.79. The van der Waals surface area contributed by atoms with Crippen molar-refractivity contribution in [1.29, 1.82) is 0 Å². The summed E-state index contributed by atoms with van der Waals surface area (Å²) in [5.41, 5.74) is 1.95. The van der Waals surface area contributed by atoms with E-state index in [4.69, 9.17) is 16.1 Å². The molecule has 2 aromatic carbocycles. The lowest BCUT2D eigenvalue weighted by Crippen LogP contribution is -1.90. The Morgan fingerprint density at radius 2 is 1.85 bits per heavy atom. The highest BCUT2D eigenvalue weighted by atomic mass is 35.5. The average Bonchev–Trinajstić information content (AvgIpc) is 3.32. The van der Waals surface area contributed by atoms with Gasteiger partial charge in [0.15, 0.2) is 10.2 Å². The molecule has 1 N–H and O–H groups in total. The summed E-state index contributed by atoms with van der Waals surface area (Å²) < 4.78 is 6.13. The second-order valence-corrected chi connectivity index (χ2v) is 8.14. The molecule has 0 fully saturated rings. The minimum atomic E-state index is 0.544. The van der Waals surface area contributed by atoms with E-state index in [1.165, 1.54) is 23.1 Å². The first-order valence-corrected chi connectivity index (χ1v) is 10.3. The van der Waals surface area contributed by atoms with Gasteiger partial charge in [0, 0.05) is 6.42 Å². The monoisotopic (exact) mass is 415 g/mol. The molecule has 0 aliphatic rings. The van der Waals surface area contributed by atoms with Crippen LogP contribution in [0, 0.1) is 0 Å². The molecule has 9 heteroatoms. The van der Waals surface area contributed by atoms with E-state index < -0.39 is 0 Å². The lowest BCUT2D eigenvalue weighted by molar-refractivity contribution is 0.386. The van der Waals surface area contributed by atoms with Crippen LogP contribution in [0.15, 0.2) is 63.5 Å². The van der Waals surface area contributed by atoms with Gasteiger partial charge in [-0.3, -0.25) is 0 Å². The smallest absolute Gasteiger partial charge is 0.237 e. The molecule has 27 heavy (non-hydrogen) atoms. The van der Waals surface area contributed by atoms with Gasteiger partial charge in [-0.2, -0.15) is 4.98 Å². The van der Waals surface area contributed by atoms with E-state index in [0.717, 1.165) is 15.6 Å². The van der Waals surface area contributed by atoms with Gasteiger partial charge in [0.2, 0.25) is 11.0 Å². The summed E-state index contributed by atoms with van der Waals surface area (Å²) in [4.78, 5) is 4.43. The van der Waals surface area contributed by atoms with Crippen molar-refractivity contribution < 1.29 is 4.52 Å². The average molecular weight is 416 g/mol. The number of nitrogens with zero attached hydrogens (tertiary/aromatic N) is 4. The Morgan fingerprint density at radius 1 is 1.04 bits per heavy atom. The molecule has 2 heterocycles. The standard InChI is InChI=1S/C18H14ClN5OS2/c19-13-8-4-5-9-14(13)20-17-22-23-18(27-17)26-11-16-21-15(24-25-16)10-12-6-2-1-3-7-12/h1-9H,10-11H2,(H,20,22). The molecule has 4 rings (SSSR count). The van der Waals surface area contributed by atoms with E-state index in [1.54, 1.807) is 0 Å². The van der Waals surface area contributed by atoms with Crippen molar-refractivity contribution >= 4 is 45.5 Å². The zero-order chi connectivity index (χ0) is 18.5. The van der Waals surface area contributed by atoms with E-state index in [2.05, 4.69) is 25.7 Å². The molecule has 2 aromatic heterocycles. The van der Waals surface area contributed by atoms with Crippen molar-refractivity contribution in [2.45, 2.75) is 16.5 Å². The predicted molar refractivity (Wildman–Crippen MR) is 108 cm³/mol. The zero-order valence-electron chi connectivity index (χ0n) is 14.0. The molecule has 0 aliphatic carbocycles. The van der Waals surface area contributed by atoms with Gasteiger partial charge in [-0.15, -0.1) is 10.2 Å². The van der Waals surface area contributed by atoms with Crippen LogP contribution in [0.2, 0.25) is 5.02 Å². The molecule has 4 aromatic rings. The van der Waals surface area contributed by atoms with Gasteiger partial charge in [0.05, 0.1) is 16.5 Å². The summed E-state index contributed by atoms with van der Waals surface area (Å²) in [6, 6.07) is 17.6. The third-order valence-electron chi connectivity index (χ3n) is 3.56. The molecule has 136 valence electrons. The first-order valence-electron chi connectivity index (χ1n) is 8.09. The Morgan fingerprint density at radius 3 is 2.70 bits per heavy atom. The van der Waals surface area contributed by atoms with Crippen LogP contribution in [0.1, 0.15) is 17.3 Å². The van der Waals surface area contributed by atoms with Gasteiger partial charge in [-0.05, 0) is 17.7 Å². The second-order valence-electron chi connectivity index (χ2n) is 5.53. The van der Waals surface area contributed by atoms with Crippen molar-refractivity contribution in [3.05, 3.63) is 76.9 Å². The maximum absolute atomic E-state index is 6.14. The number of benzene rings is 2. The Hall–Kier alpha value is -2.42. The maximum atomic E-state index is 6.14. The molecule has 0 amide bonds. The normalized spacial score (nSPS) is 10.9. The number of hydrogen-bond donors (Lipinski definition) is 1. The van der Waals surface area contributed by atoms with E-state index in [1.807, 2.05) is 54.6 Å². The van der Waals surface area contributed by atoms with Crippen LogP contribution in [0.4, 0.5) is 10.8 Å². The topological polar surface area (TPSA) is 76.7 Å². The SMILES string of the molecule is Clc1ccccc1Nc1nnc(SCc2nc(Cc3ccccc3)no2)s1. The number of thioether (sulfide) groups is 1. The number of hydrogen-bond acceptors (Lipinski definition) is 8. The summed E-state index contributed by atoms with van der Waals surface area (Å²) >= 11 is 9.09. The number of halogens is 1. The lowest BCUT2D eigenvalue weighted by Gasteiger charge is -2.02. The Balaban J connectivity index is 1.33. The molecule has 0 spiro atoms. The highest BCUT2D eigenvalue weighted by Gasteiger charge is 2.11. The highest BCUT2D eigenvalue weighted by molar-refractivity contribution is 8.00. The van der Waals surface area contributed by atoms with Crippen LogP contribution in [0.5, 0.6) is 0 Å². The minimum Gasteiger partial charge on any atom is -0.338 e. The Kier molecular flexibility index (Phi) is 5.66. The van der Waals surface area contributed by atoms with E-state index in [0.29, 0.717) is 34.0 Å². The van der Waals surface area contributed by atoms with Crippen LogP contribution in [0.3, 0.4) is 0 Å². The number of anilines is 2. The van der Waals surface area contributed by atoms with E-state index in [9.17, 15) is 0 Å². The van der Waals surface area contributed by atoms with Crippen LogP contribution in [-0.2, 0) is 12.2 Å². The zero-order valence-corrected chi connectivity index (χ0v) is 16.4.